The van der Waals surface area contributed by atoms with Crippen LogP contribution in [-0.2, 0) is 9.59 Å². The number of hydrogen-bond acceptors (Lipinski definition) is 3. The van der Waals surface area contributed by atoms with E-state index in [1.54, 1.807) is 18.2 Å². The third-order valence-corrected chi connectivity index (χ3v) is 4.73. The number of halogens is 2. The third-order valence-electron chi connectivity index (χ3n) is 3.99. The first kappa shape index (κ1) is 19.9. The second-order valence-electron chi connectivity index (χ2n) is 6.04. The van der Waals surface area contributed by atoms with Crippen molar-refractivity contribution < 1.29 is 9.59 Å². The predicted octanol–water partition coefficient (Wildman–Crippen LogP) is 5.02. The Balaban J connectivity index is 1.49. The van der Waals surface area contributed by atoms with Gasteiger partial charge in [-0.2, -0.15) is 5.10 Å². The van der Waals surface area contributed by atoms with Crippen molar-refractivity contribution in [2.45, 2.75) is 12.8 Å². The van der Waals surface area contributed by atoms with Crippen molar-refractivity contribution in [1.29, 1.82) is 0 Å². The zero-order valence-electron chi connectivity index (χ0n) is 14.8. The van der Waals surface area contributed by atoms with Crippen LogP contribution in [0.3, 0.4) is 0 Å². The fourth-order valence-electron chi connectivity index (χ4n) is 2.60. The fourth-order valence-corrected chi connectivity index (χ4v) is 2.91. The summed E-state index contributed by atoms with van der Waals surface area (Å²) in [5.74, 6) is -0.593. The minimum atomic E-state index is -0.357. The molecule has 0 bridgehead atoms. The number of nitrogens with zero attached hydrogens (tertiary/aromatic N) is 1. The molecule has 2 N–H and O–H groups in total. The molecule has 7 heteroatoms. The van der Waals surface area contributed by atoms with Crippen molar-refractivity contribution in [3.05, 3.63) is 76.3 Å². The molecular weight excluding hydrogens is 397 g/mol. The van der Waals surface area contributed by atoms with E-state index in [1.807, 2.05) is 42.5 Å². The van der Waals surface area contributed by atoms with E-state index in [-0.39, 0.29) is 24.7 Å². The van der Waals surface area contributed by atoms with Crippen LogP contribution in [0.1, 0.15) is 18.4 Å². The summed E-state index contributed by atoms with van der Waals surface area (Å²) >= 11 is 11.8. The van der Waals surface area contributed by atoms with Crippen molar-refractivity contribution in [3.8, 4) is 0 Å². The van der Waals surface area contributed by atoms with E-state index in [0.29, 0.717) is 15.6 Å². The Morgan fingerprint density at radius 3 is 2.46 bits per heavy atom. The number of carbonyl (C=O) groups excluding carboxylic acids is 2. The lowest BCUT2D eigenvalue weighted by Crippen LogP contribution is -2.20. The van der Waals surface area contributed by atoms with Crippen LogP contribution in [0.25, 0.3) is 10.8 Å². The predicted molar refractivity (Wildman–Crippen MR) is 114 cm³/mol. The Morgan fingerprint density at radius 1 is 0.893 bits per heavy atom. The fraction of sp³-hybridized carbons (Fsp3) is 0.0952. The molecule has 0 radical (unpaired) electrons. The summed E-state index contributed by atoms with van der Waals surface area (Å²) in [6.45, 7) is 0. The molecule has 0 atom stereocenters. The number of amides is 2. The molecule has 0 heterocycles. The van der Waals surface area contributed by atoms with Crippen LogP contribution in [0.4, 0.5) is 5.69 Å². The van der Waals surface area contributed by atoms with Gasteiger partial charge in [0.15, 0.2) is 0 Å². The summed E-state index contributed by atoms with van der Waals surface area (Å²) < 4.78 is 0. The molecule has 2 amide bonds. The van der Waals surface area contributed by atoms with E-state index in [0.717, 1.165) is 16.5 Å². The van der Waals surface area contributed by atoms with Crippen LogP contribution in [-0.4, -0.2) is 18.0 Å². The summed E-state index contributed by atoms with van der Waals surface area (Å²) in [4.78, 5) is 24.0. The Morgan fingerprint density at radius 2 is 1.64 bits per heavy atom. The van der Waals surface area contributed by atoms with Crippen LogP contribution in [0.15, 0.2) is 65.8 Å². The zero-order chi connectivity index (χ0) is 19.9. The Bertz CT molecular complexity index is 1050. The van der Waals surface area contributed by atoms with E-state index < -0.39 is 0 Å². The zero-order valence-corrected chi connectivity index (χ0v) is 16.3. The van der Waals surface area contributed by atoms with Crippen molar-refractivity contribution in [3.63, 3.8) is 0 Å². The van der Waals surface area contributed by atoms with Gasteiger partial charge in [-0.3, -0.25) is 9.59 Å². The molecule has 5 nitrogen and oxygen atoms in total. The number of fused-ring (bicyclic) bond motifs is 1. The minimum Gasteiger partial charge on any atom is -0.326 e. The van der Waals surface area contributed by atoms with E-state index in [1.165, 1.54) is 6.21 Å². The first-order chi connectivity index (χ1) is 13.5. The first-order valence-corrected chi connectivity index (χ1v) is 9.33. The molecule has 0 unspecified atom stereocenters. The number of nitrogens with one attached hydrogen (secondary N) is 2. The van der Waals surface area contributed by atoms with Crippen LogP contribution in [0.5, 0.6) is 0 Å². The van der Waals surface area contributed by atoms with E-state index >= 15 is 0 Å². The minimum absolute atomic E-state index is 0.0231. The smallest absolute Gasteiger partial charge is 0.240 e. The normalized spacial score (nSPS) is 10.9. The van der Waals surface area contributed by atoms with E-state index in [4.69, 9.17) is 23.2 Å². The topological polar surface area (TPSA) is 70.6 Å². The van der Waals surface area contributed by atoms with Crippen LogP contribution in [0.2, 0.25) is 10.0 Å². The molecule has 0 aliphatic carbocycles. The Kier molecular flexibility index (Phi) is 6.63. The van der Waals surface area contributed by atoms with Crippen molar-refractivity contribution in [1.82, 2.24) is 5.43 Å². The Hall–Kier alpha value is -2.89. The summed E-state index contributed by atoms with van der Waals surface area (Å²) in [6, 6.07) is 18.5. The van der Waals surface area contributed by atoms with Crippen molar-refractivity contribution in [2.75, 3.05) is 5.32 Å². The van der Waals surface area contributed by atoms with Gasteiger partial charge in [0.2, 0.25) is 11.8 Å². The molecule has 0 aromatic heterocycles. The SMILES string of the molecule is O=C(CCC(=O)Nc1cccc2ccccc12)NN=Cc1ccc(Cl)c(Cl)c1. The second kappa shape index (κ2) is 9.35. The molecule has 3 rings (SSSR count). The molecule has 0 saturated carbocycles. The van der Waals surface area contributed by atoms with Gasteiger partial charge in [0.05, 0.1) is 16.3 Å². The molecule has 0 spiro atoms. The molecule has 0 fully saturated rings. The molecular formula is C21H17Cl2N3O2. The lowest BCUT2D eigenvalue weighted by molar-refractivity contribution is -0.124. The van der Waals surface area contributed by atoms with Crippen molar-refractivity contribution >= 4 is 57.7 Å². The van der Waals surface area contributed by atoms with Gasteiger partial charge >= 0.3 is 0 Å². The van der Waals surface area contributed by atoms with Crippen LogP contribution < -0.4 is 10.7 Å². The maximum Gasteiger partial charge on any atom is 0.240 e. The van der Waals surface area contributed by atoms with Gasteiger partial charge in [0, 0.05) is 23.9 Å². The average molecular weight is 414 g/mol. The van der Waals surface area contributed by atoms with E-state index in [9.17, 15) is 9.59 Å². The molecule has 3 aromatic rings. The summed E-state index contributed by atoms with van der Waals surface area (Å²) in [6.07, 6.45) is 1.53. The standard InChI is InChI=1S/C21H17Cl2N3O2/c22-17-9-8-14(12-18(17)23)13-24-26-21(28)11-10-20(27)25-19-7-3-5-15-4-1-2-6-16(15)19/h1-9,12-13H,10-11H2,(H,25,27)(H,26,28). The monoisotopic (exact) mass is 413 g/mol. The summed E-state index contributed by atoms with van der Waals surface area (Å²) in [5, 5.41) is 9.55. The number of rotatable bonds is 6. The molecule has 142 valence electrons. The average Bonchev–Trinajstić information content (AvgIpc) is 2.69. The summed E-state index contributed by atoms with van der Waals surface area (Å²) in [5.41, 5.74) is 3.81. The maximum absolute atomic E-state index is 12.2. The van der Waals surface area contributed by atoms with Gasteiger partial charge < -0.3 is 5.32 Å². The number of carbonyl (C=O) groups is 2. The largest absolute Gasteiger partial charge is 0.326 e. The quantitative estimate of drug-likeness (QED) is 0.440. The molecule has 3 aromatic carbocycles. The third kappa shape index (κ3) is 5.31. The van der Waals surface area contributed by atoms with Gasteiger partial charge in [0.1, 0.15) is 0 Å². The molecule has 28 heavy (non-hydrogen) atoms. The molecule has 0 aliphatic heterocycles. The lowest BCUT2D eigenvalue weighted by atomic mass is 10.1. The van der Waals surface area contributed by atoms with Crippen LogP contribution >= 0.6 is 23.2 Å². The van der Waals surface area contributed by atoms with Gasteiger partial charge in [-0.05, 0) is 29.1 Å². The summed E-state index contributed by atoms with van der Waals surface area (Å²) in [7, 11) is 0. The van der Waals surface area contributed by atoms with Crippen molar-refractivity contribution in [2.24, 2.45) is 5.10 Å². The highest BCUT2D eigenvalue weighted by Crippen LogP contribution is 2.23. The van der Waals surface area contributed by atoms with E-state index in [2.05, 4.69) is 15.8 Å². The van der Waals surface area contributed by atoms with Gasteiger partial charge in [0.25, 0.3) is 0 Å². The van der Waals surface area contributed by atoms with Gasteiger partial charge in [-0.1, -0.05) is 65.7 Å². The molecule has 0 aliphatic rings. The van der Waals surface area contributed by atoms with Crippen LogP contribution in [0, 0.1) is 0 Å². The highest BCUT2D eigenvalue weighted by atomic mass is 35.5. The first-order valence-electron chi connectivity index (χ1n) is 8.57. The maximum atomic E-state index is 12.2. The van der Waals surface area contributed by atoms with Gasteiger partial charge in [-0.25, -0.2) is 5.43 Å². The number of anilines is 1. The molecule has 0 saturated heterocycles. The number of benzene rings is 3. The van der Waals surface area contributed by atoms with Gasteiger partial charge in [-0.15, -0.1) is 0 Å². The number of hydrazone groups is 1. The Labute approximate surface area is 172 Å². The highest BCUT2D eigenvalue weighted by Gasteiger charge is 2.08. The number of hydrogen-bond donors (Lipinski definition) is 2. The highest BCUT2D eigenvalue weighted by molar-refractivity contribution is 6.42. The lowest BCUT2D eigenvalue weighted by Gasteiger charge is -2.08. The second-order valence-corrected chi connectivity index (χ2v) is 6.86.